The quantitative estimate of drug-likeness (QED) is 0.801. The van der Waals surface area contributed by atoms with E-state index in [2.05, 4.69) is 10.5 Å². The molecule has 0 unspecified atom stereocenters. The van der Waals surface area contributed by atoms with Gasteiger partial charge >= 0.3 is 0 Å². The van der Waals surface area contributed by atoms with Gasteiger partial charge in [-0.3, -0.25) is 10.4 Å². The van der Waals surface area contributed by atoms with Gasteiger partial charge in [-0.2, -0.15) is 5.10 Å². The number of hydrogen-bond donors (Lipinski definition) is 1. The second kappa shape index (κ2) is 8.20. The van der Waals surface area contributed by atoms with Gasteiger partial charge in [0.15, 0.2) is 5.17 Å². The largest absolute Gasteiger partial charge is 0.258 e. The molecule has 0 spiro atoms. The number of halogens is 2. The summed E-state index contributed by atoms with van der Waals surface area (Å²) >= 11 is 7.64. The van der Waals surface area contributed by atoms with Crippen molar-refractivity contribution in [2.75, 3.05) is 5.75 Å². The normalized spacial score (nSPS) is 21.4. The Morgan fingerprint density at radius 3 is 2.48 bits per heavy atom. The first kappa shape index (κ1) is 16.8. The number of nitrogens with zero attached hydrogens (tertiary/aromatic N) is 2. The van der Waals surface area contributed by atoms with Crippen molar-refractivity contribution in [2.45, 2.75) is 38.1 Å². The Hall–Kier alpha value is -0.520. The number of thioether (sulfide) groups is 1. The van der Waals surface area contributed by atoms with Crippen LogP contribution in [0.15, 0.2) is 34.4 Å². The lowest BCUT2D eigenvalue weighted by Gasteiger charge is -2.21. The van der Waals surface area contributed by atoms with Crippen LogP contribution in [0.5, 0.6) is 0 Å². The number of hydrogen-bond acceptors (Lipinski definition) is 3. The summed E-state index contributed by atoms with van der Waals surface area (Å²) in [7, 11) is 0. The van der Waals surface area contributed by atoms with Gasteiger partial charge in [0.05, 0.1) is 11.8 Å². The Labute approximate surface area is 145 Å². The molecular formula is C15H19BrClN3S. The van der Waals surface area contributed by atoms with Gasteiger partial charge in [0.1, 0.15) is 0 Å². The van der Waals surface area contributed by atoms with Crippen LogP contribution in [0.3, 0.4) is 0 Å². The van der Waals surface area contributed by atoms with Crippen LogP contribution < -0.4 is 5.43 Å². The van der Waals surface area contributed by atoms with Gasteiger partial charge in [-0.05, 0) is 30.5 Å². The van der Waals surface area contributed by atoms with Gasteiger partial charge in [0, 0.05) is 10.8 Å². The monoisotopic (exact) mass is 387 g/mol. The lowest BCUT2D eigenvalue weighted by atomic mass is 9.96. The zero-order valence-electron chi connectivity index (χ0n) is 11.7. The van der Waals surface area contributed by atoms with Gasteiger partial charge in [0.2, 0.25) is 0 Å². The summed E-state index contributed by atoms with van der Waals surface area (Å²) in [5.41, 5.74) is 5.26. The van der Waals surface area contributed by atoms with Crippen molar-refractivity contribution in [1.82, 2.24) is 5.43 Å². The molecule has 0 amide bonds. The highest BCUT2D eigenvalue weighted by atomic mass is 79.9. The molecule has 1 heterocycles. The zero-order valence-corrected chi connectivity index (χ0v) is 15.0. The molecule has 21 heavy (non-hydrogen) atoms. The third kappa shape index (κ3) is 4.73. The summed E-state index contributed by atoms with van der Waals surface area (Å²) in [6.45, 7) is 0. The van der Waals surface area contributed by atoms with Crippen LogP contribution in [0.2, 0.25) is 5.02 Å². The van der Waals surface area contributed by atoms with Crippen LogP contribution in [0.25, 0.3) is 0 Å². The van der Waals surface area contributed by atoms with Gasteiger partial charge in [-0.1, -0.05) is 54.8 Å². The number of aliphatic imine (C=N–C) groups is 1. The van der Waals surface area contributed by atoms with E-state index >= 15 is 0 Å². The Bertz CT molecular complexity index is 524. The van der Waals surface area contributed by atoms with Crippen molar-refractivity contribution in [3.8, 4) is 0 Å². The first-order valence-electron chi connectivity index (χ1n) is 7.10. The molecule has 1 saturated carbocycles. The zero-order chi connectivity index (χ0) is 13.8. The predicted molar refractivity (Wildman–Crippen MR) is 98.2 cm³/mol. The van der Waals surface area contributed by atoms with E-state index in [0.717, 1.165) is 27.2 Å². The minimum absolute atomic E-state index is 0. The summed E-state index contributed by atoms with van der Waals surface area (Å²) in [5, 5.41) is 6.17. The third-order valence-electron chi connectivity index (χ3n) is 3.68. The van der Waals surface area contributed by atoms with Crippen LogP contribution in [0.1, 0.15) is 37.7 Å². The minimum Gasteiger partial charge on any atom is -0.258 e. The highest BCUT2D eigenvalue weighted by Gasteiger charge is 2.16. The van der Waals surface area contributed by atoms with E-state index in [0.29, 0.717) is 6.04 Å². The molecule has 1 aliphatic carbocycles. The van der Waals surface area contributed by atoms with Crippen molar-refractivity contribution in [1.29, 1.82) is 0 Å². The van der Waals surface area contributed by atoms with E-state index in [1.165, 1.54) is 32.1 Å². The average molecular weight is 389 g/mol. The Kier molecular flexibility index (Phi) is 6.58. The Morgan fingerprint density at radius 2 is 1.86 bits per heavy atom. The molecular weight excluding hydrogens is 370 g/mol. The van der Waals surface area contributed by atoms with E-state index < -0.39 is 0 Å². The number of amidine groups is 1. The topological polar surface area (TPSA) is 36.8 Å². The molecule has 1 aromatic carbocycles. The molecule has 0 aromatic heterocycles. The van der Waals surface area contributed by atoms with Crippen LogP contribution in [-0.4, -0.2) is 22.7 Å². The molecule has 1 aliphatic heterocycles. The number of rotatable bonds is 2. The fraction of sp³-hybridized carbons (Fsp3) is 0.467. The Balaban J connectivity index is 0.00000161. The van der Waals surface area contributed by atoms with Gasteiger partial charge in [-0.25, -0.2) is 0 Å². The van der Waals surface area contributed by atoms with Gasteiger partial charge in [-0.15, -0.1) is 17.0 Å². The molecule has 0 bridgehead atoms. The van der Waals surface area contributed by atoms with E-state index in [1.807, 2.05) is 24.3 Å². The number of hydrazone groups is 1. The summed E-state index contributed by atoms with van der Waals surface area (Å²) in [4.78, 5) is 4.78. The van der Waals surface area contributed by atoms with Crippen molar-refractivity contribution in [3.63, 3.8) is 0 Å². The minimum atomic E-state index is 0. The predicted octanol–water partition coefficient (Wildman–Crippen LogP) is 4.65. The first-order valence-corrected chi connectivity index (χ1v) is 8.47. The fourth-order valence-electron chi connectivity index (χ4n) is 2.55. The molecule has 3 rings (SSSR count). The second-order valence-electron chi connectivity index (χ2n) is 5.19. The van der Waals surface area contributed by atoms with Crippen LogP contribution in [-0.2, 0) is 0 Å². The molecule has 3 nitrogen and oxygen atoms in total. The van der Waals surface area contributed by atoms with Crippen molar-refractivity contribution in [2.24, 2.45) is 10.1 Å². The second-order valence-corrected chi connectivity index (χ2v) is 6.59. The number of nitrogens with one attached hydrogen (secondary N) is 1. The maximum atomic E-state index is 5.90. The van der Waals surface area contributed by atoms with E-state index in [1.54, 1.807) is 11.8 Å². The van der Waals surface area contributed by atoms with Crippen LogP contribution >= 0.6 is 40.3 Å². The molecule has 0 saturated heterocycles. The van der Waals surface area contributed by atoms with Crippen LogP contribution in [0.4, 0.5) is 0 Å². The first-order chi connectivity index (χ1) is 9.81. The average Bonchev–Trinajstić information content (AvgIpc) is 2.50. The molecule has 114 valence electrons. The molecule has 1 fully saturated rings. The summed E-state index contributed by atoms with van der Waals surface area (Å²) in [5.74, 6) is 0.861. The summed E-state index contributed by atoms with van der Waals surface area (Å²) < 4.78 is 0. The molecule has 2 aliphatic rings. The van der Waals surface area contributed by atoms with E-state index in [-0.39, 0.29) is 17.0 Å². The summed E-state index contributed by atoms with van der Waals surface area (Å²) in [6, 6.07) is 8.30. The van der Waals surface area contributed by atoms with Crippen molar-refractivity contribution in [3.05, 3.63) is 34.9 Å². The van der Waals surface area contributed by atoms with Crippen LogP contribution in [0, 0.1) is 0 Å². The van der Waals surface area contributed by atoms with Gasteiger partial charge < -0.3 is 0 Å². The highest BCUT2D eigenvalue weighted by Crippen LogP contribution is 2.22. The van der Waals surface area contributed by atoms with E-state index in [9.17, 15) is 0 Å². The summed E-state index contributed by atoms with van der Waals surface area (Å²) in [6.07, 6.45) is 6.43. The number of benzene rings is 1. The highest BCUT2D eigenvalue weighted by molar-refractivity contribution is 8.93. The SMILES string of the molecule is Br.Clc1ccc(C2=NNC(=NC3CCCCC3)SC2)cc1. The maximum absolute atomic E-state index is 5.90. The fourth-order valence-corrected chi connectivity index (χ4v) is 3.51. The lowest BCUT2D eigenvalue weighted by molar-refractivity contribution is 0.443. The standard InChI is InChI=1S/C15H18ClN3S.BrH/c16-12-8-6-11(7-9-12)14-10-20-15(19-18-14)17-13-4-2-1-3-5-13;/h6-9,13H,1-5,10H2,(H,17,19);1H. The Morgan fingerprint density at radius 1 is 1.14 bits per heavy atom. The van der Waals surface area contributed by atoms with Crippen molar-refractivity contribution < 1.29 is 0 Å². The maximum Gasteiger partial charge on any atom is 0.177 e. The smallest absolute Gasteiger partial charge is 0.177 e. The van der Waals surface area contributed by atoms with Crippen molar-refractivity contribution >= 4 is 51.2 Å². The molecule has 1 aromatic rings. The molecule has 1 N–H and O–H groups in total. The van der Waals surface area contributed by atoms with Gasteiger partial charge in [0.25, 0.3) is 0 Å². The molecule has 0 radical (unpaired) electrons. The lowest BCUT2D eigenvalue weighted by Crippen LogP contribution is -2.27. The molecule has 0 atom stereocenters. The third-order valence-corrected chi connectivity index (χ3v) is 4.82. The van der Waals surface area contributed by atoms with E-state index in [4.69, 9.17) is 16.6 Å². The molecule has 6 heteroatoms.